The van der Waals surface area contributed by atoms with Gasteiger partial charge in [0.1, 0.15) is 0 Å². The number of quaternary nitrogens is 2. The van der Waals surface area contributed by atoms with Gasteiger partial charge in [-0.3, -0.25) is 4.98 Å². The third kappa shape index (κ3) is 173. The summed E-state index contributed by atoms with van der Waals surface area (Å²) in [6, 6.07) is 0. The van der Waals surface area contributed by atoms with Gasteiger partial charge >= 0.3 is 18.2 Å². The van der Waals surface area contributed by atoms with Gasteiger partial charge in [0.05, 0.1) is 12.4 Å². The first-order chi connectivity index (χ1) is 15.7. The van der Waals surface area contributed by atoms with Gasteiger partial charge in [0.25, 0.3) is 7.71 Å². The fraction of sp³-hybridized carbons (Fsp3) is 1.00. The summed E-state index contributed by atoms with van der Waals surface area (Å²) in [5, 5.41) is 26.9. The zero-order valence-electron chi connectivity index (χ0n) is 26.0. The smallest absolute Gasteiger partial charge is 0.328 e. The predicted molar refractivity (Wildman–Crippen MR) is 229 cm³/mol. The molecule has 23 N–H and O–H groups in total. The molecule has 43 heavy (non-hydrogen) atoms. The summed E-state index contributed by atoms with van der Waals surface area (Å²) in [6.45, 7) is 16.3. The Labute approximate surface area is 311 Å². The zero-order valence-corrected chi connectivity index (χ0v) is 39.0. The molecule has 0 spiro atoms. The van der Waals surface area contributed by atoms with Gasteiger partial charge in [0.2, 0.25) is 7.42 Å². The van der Waals surface area contributed by atoms with E-state index in [9.17, 15) is 0 Å². The monoisotopic (exact) mass is 873 g/mol. The quantitative estimate of drug-likeness (QED) is 0.0770. The van der Waals surface area contributed by atoms with Crippen LogP contribution in [0.4, 0.5) is 0 Å². The van der Waals surface area contributed by atoms with E-state index >= 15 is 0 Å². The summed E-state index contributed by atoms with van der Waals surface area (Å²) >= 11 is 16.2. The van der Waals surface area contributed by atoms with Crippen molar-refractivity contribution in [3.05, 3.63) is 0 Å². The fourth-order valence-corrected chi connectivity index (χ4v) is 15.2. The second-order valence-electron chi connectivity index (χ2n) is 7.70. The molecule has 0 fully saturated rings. The first-order valence-electron chi connectivity index (χ1n) is 11.5. The van der Waals surface area contributed by atoms with Crippen molar-refractivity contribution >= 4 is 103 Å². The van der Waals surface area contributed by atoms with Crippen LogP contribution in [0.3, 0.4) is 0 Å². The van der Waals surface area contributed by atoms with Crippen molar-refractivity contribution in [1.82, 2.24) is 30.4 Å². The molecule has 0 saturated heterocycles. The van der Waals surface area contributed by atoms with Gasteiger partial charge in [0, 0.05) is 0 Å². The number of hydrogen-bond donors (Lipinski definition) is 13. The summed E-state index contributed by atoms with van der Waals surface area (Å²) in [6.07, 6.45) is 0. The van der Waals surface area contributed by atoms with Crippen LogP contribution in [0.5, 0.6) is 0 Å². The third-order valence-corrected chi connectivity index (χ3v) is 19.4. The minimum Gasteiger partial charge on any atom is -1.00 e. The van der Waals surface area contributed by atoms with E-state index in [1.807, 2.05) is 40.8 Å². The summed E-state index contributed by atoms with van der Waals surface area (Å²) in [5.74, 6) is 0. The van der Waals surface area contributed by atoms with E-state index in [1.165, 1.54) is 7.05 Å². The molecule has 0 heterocycles. The molecule has 13 nitrogen and oxygen atoms in total. The Morgan fingerprint density at radius 1 is 0.698 bits per heavy atom. The van der Waals surface area contributed by atoms with Gasteiger partial charge in [-0.15, -0.1) is 11.1 Å². The maximum atomic E-state index is 5.81. The normalized spacial score (nSPS) is 12.9. The van der Waals surface area contributed by atoms with Crippen molar-refractivity contribution in [2.45, 2.75) is 89.5 Å². The molecule has 0 bridgehead atoms. The van der Waals surface area contributed by atoms with Crippen molar-refractivity contribution in [2.75, 3.05) is 28.2 Å². The lowest BCUT2D eigenvalue weighted by Gasteiger charge is -2.18. The lowest BCUT2D eigenvalue weighted by Crippen LogP contribution is -3.03. The zero-order chi connectivity index (χ0) is 29.8. The maximum absolute atomic E-state index is 5.81. The van der Waals surface area contributed by atoms with Crippen molar-refractivity contribution in [2.24, 2.45) is 32.7 Å². The molecular weight excluding hydrogens is 788 g/mol. The predicted octanol–water partition coefficient (Wildman–Crippen LogP) is -5.04. The Morgan fingerprint density at radius 2 is 0.953 bits per heavy atom. The molecule has 0 rings (SSSR count). The van der Waals surface area contributed by atoms with Crippen LogP contribution in [0, 0.1) is 12.4 Å². The molecule has 0 aliphatic heterocycles. The first kappa shape index (κ1) is 90.9. The molecule has 0 aromatic carbocycles. The van der Waals surface area contributed by atoms with Crippen molar-refractivity contribution in [3.8, 4) is 0 Å². The van der Waals surface area contributed by atoms with Crippen molar-refractivity contribution in [1.29, 1.82) is 0 Å². The lowest BCUT2D eigenvalue weighted by atomic mass is 11.6. The Morgan fingerprint density at radius 3 is 1.02 bits per heavy atom. The highest BCUT2D eigenvalue weighted by atomic mass is 35.7. The SMILES string of the molecule is C.C.C.C.C.CN.CN[SiH](C)N[SiH](C)N.CN[SiH](C)N[Si](C)(N)Cl.CN[SiH](C)[NH2+][SiH](C)N.C[SiH](Cl)Cl.C[SiH](N)N.[Cl-].[ClH2+].[NH4+]. The van der Waals surface area contributed by atoms with Gasteiger partial charge < -0.3 is 75.2 Å². The molecular formula is C17H88Cl5N13Si8+2. The Balaban J connectivity index is -0.0000000197. The fourth-order valence-electron chi connectivity index (χ4n) is 1.52. The Bertz CT molecular complexity index is 368. The van der Waals surface area contributed by atoms with Gasteiger partial charge in [-0.25, -0.2) is 0 Å². The van der Waals surface area contributed by atoms with Crippen molar-refractivity contribution in [3.63, 3.8) is 0 Å². The van der Waals surface area contributed by atoms with E-state index < -0.39 is 69.8 Å². The van der Waals surface area contributed by atoms with Crippen LogP contribution in [0.1, 0.15) is 37.1 Å². The average Bonchev–Trinajstić information content (AvgIpc) is 2.67. The largest absolute Gasteiger partial charge is 1.00 e. The maximum Gasteiger partial charge on any atom is 0.328 e. The van der Waals surface area contributed by atoms with E-state index in [0.29, 0.717) is 0 Å². The Kier molecular flexibility index (Phi) is 141. The highest BCUT2D eigenvalue weighted by Crippen LogP contribution is 1.92. The van der Waals surface area contributed by atoms with Gasteiger partial charge in [-0.2, -0.15) is 22.2 Å². The van der Waals surface area contributed by atoms with Crippen LogP contribution in [-0.2, 0) is 0 Å². The molecule has 6 unspecified atom stereocenters. The van der Waals surface area contributed by atoms with E-state index in [1.54, 1.807) is 0 Å². The topological polar surface area (TPSA) is 269 Å². The van der Waals surface area contributed by atoms with E-state index in [0.717, 1.165) is 0 Å². The minimum atomic E-state index is -2.02. The van der Waals surface area contributed by atoms with E-state index in [2.05, 4.69) is 67.4 Å². The molecule has 286 valence electrons. The molecule has 0 amide bonds. The summed E-state index contributed by atoms with van der Waals surface area (Å²) in [5.41, 5.74) is 4.50. The van der Waals surface area contributed by atoms with Crippen LogP contribution < -0.4 is 80.2 Å². The van der Waals surface area contributed by atoms with Gasteiger partial charge in [-0.05, 0) is 80.6 Å². The first-order valence-corrected chi connectivity index (χ1v) is 34.1. The van der Waals surface area contributed by atoms with Gasteiger partial charge in [-0.1, -0.05) is 37.1 Å². The average molecular weight is 877 g/mol. The standard InChI is InChI=1S/C3H14ClN3Si2.C3H16N3Si2.C3H15N3Si2.CH4Cl2Si.CH8N2Si.CH5N.5CH4.ClH2.ClH.H3N/c1-6-8(2)7-9(3,4)5;2*1-5-8(3)6-7(2)4;2*1-4(2)3;1-2;;;;;;;;/h6-8H,5H2,1-3H3;5,7-8H,4,6H2,1-3H3;5-8H,4H2,1-3H3;4H,1H3;4H,2-3H2,1H3;2H2,1H3;5*1H4;1H2;1H;1H3/q;+1;;;;;;;;;;+1;;. The molecule has 0 radical (unpaired) electrons. The summed E-state index contributed by atoms with van der Waals surface area (Å²) in [4.78, 5) is 9.53. The molecule has 0 aromatic rings. The van der Waals surface area contributed by atoms with Crippen LogP contribution in [0.2, 0.25) is 52.4 Å². The molecule has 6 atom stereocenters. The van der Waals surface area contributed by atoms with Crippen LogP contribution in [0.15, 0.2) is 0 Å². The van der Waals surface area contributed by atoms with Crippen LogP contribution in [-0.4, -0.2) is 98.0 Å². The van der Waals surface area contributed by atoms with Crippen LogP contribution >= 0.6 is 33.2 Å². The summed E-state index contributed by atoms with van der Waals surface area (Å²) in [7, 11) is -1.31. The summed E-state index contributed by atoms with van der Waals surface area (Å²) < 4.78 is 8.85. The number of halogens is 5. The van der Waals surface area contributed by atoms with Crippen LogP contribution in [0.25, 0.3) is 0 Å². The number of hydrogen-bond acceptors (Lipinski definition) is 11. The highest BCUT2D eigenvalue weighted by Gasteiger charge is 2.20. The number of nitrogens with two attached hydrogens (primary N) is 7. The Hall–Kier alpha value is 2.67. The molecule has 0 saturated carbocycles. The van der Waals surface area contributed by atoms with E-state index in [-0.39, 0.29) is 68.1 Å². The number of rotatable bonds is 9. The molecule has 26 heteroatoms. The van der Waals surface area contributed by atoms with Gasteiger partial charge in [0.15, 0.2) is 36.5 Å². The molecule has 0 aromatic heterocycles. The van der Waals surface area contributed by atoms with Crippen molar-refractivity contribution < 1.29 is 29.5 Å². The minimum absolute atomic E-state index is 0. The molecule has 0 aliphatic rings. The lowest BCUT2D eigenvalue weighted by molar-refractivity contribution is -0.371. The number of nitrogens with one attached hydrogen (secondary N) is 5. The third-order valence-electron chi connectivity index (χ3n) is 2.93. The second-order valence-corrected chi connectivity index (χ2v) is 33.1. The van der Waals surface area contributed by atoms with E-state index in [4.69, 9.17) is 60.2 Å². The highest BCUT2D eigenvalue weighted by molar-refractivity contribution is 7.33. The molecule has 0 aliphatic carbocycles. The second kappa shape index (κ2) is 66.9.